The van der Waals surface area contributed by atoms with Gasteiger partial charge in [0.1, 0.15) is 11.9 Å². The van der Waals surface area contributed by atoms with Crippen LogP contribution < -0.4 is 5.32 Å². The lowest BCUT2D eigenvalue weighted by molar-refractivity contribution is -0.141. The number of nitrogens with zero attached hydrogens (tertiary/aromatic N) is 1. The summed E-state index contributed by atoms with van der Waals surface area (Å²) in [5.41, 5.74) is 2.41. The van der Waals surface area contributed by atoms with Gasteiger partial charge in [-0.05, 0) is 43.4 Å². The number of hydrogen-bond donors (Lipinski definition) is 1. The van der Waals surface area contributed by atoms with Crippen LogP contribution in [0, 0.1) is 12.7 Å². The molecular weight excluding hydrogens is 391 g/mol. The first-order valence-corrected chi connectivity index (χ1v) is 11.4. The summed E-state index contributed by atoms with van der Waals surface area (Å²) in [5.74, 6) is -0.743. The van der Waals surface area contributed by atoms with Gasteiger partial charge in [-0.1, -0.05) is 74.2 Å². The van der Waals surface area contributed by atoms with E-state index < -0.39 is 11.9 Å². The highest BCUT2D eigenvalue weighted by Crippen LogP contribution is 2.20. The Hall–Kier alpha value is -2.69. The van der Waals surface area contributed by atoms with Crippen LogP contribution in [0.2, 0.25) is 0 Å². The summed E-state index contributed by atoms with van der Waals surface area (Å²) in [6.07, 6.45) is 5.89. The molecule has 0 aromatic heterocycles. The molecule has 0 radical (unpaired) electrons. The van der Waals surface area contributed by atoms with Gasteiger partial charge in [0, 0.05) is 12.6 Å². The maximum absolute atomic E-state index is 14.2. The average Bonchev–Trinajstić information content (AvgIpc) is 2.76. The zero-order valence-electron chi connectivity index (χ0n) is 18.6. The van der Waals surface area contributed by atoms with Gasteiger partial charge in [-0.3, -0.25) is 9.59 Å². The molecule has 2 aromatic carbocycles. The van der Waals surface area contributed by atoms with E-state index in [1.54, 1.807) is 23.1 Å². The Bertz CT molecular complexity index is 892. The number of nitrogens with one attached hydrogen (secondary N) is 1. The Morgan fingerprint density at radius 3 is 2.52 bits per heavy atom. The summed E-state index contributed by atoms with van der Waals surface area (Å²) in [6.45, 7) is 4.25. The minimum Gasteiger partial charge on any atom is -0.352 e. The van der Waals surface area contributed by atoms with E-state index in [1.807, 2.05) is 38.1 Å². The second-order valence-corrected chi connectivity index (χ2v) is 8.55. The van der Waals surface area contributed by atoms with Crippen molar-refractivity contribution in [3.63, 3.8) is 0 Å². The SMILES string of the molecule is CC[C@@H](C(=O)NC1CCCCC1)N(Cc1cccc(C)c1)C(=O)Cc1ccccc1F. The van der Waals surface area contributed by atoms with Gasteiger partial charge >= 0.3 is 0 Å². The molecule has 0 heterocycles. The van der Waals surface area contributed by atoms with Gasteiger partial charge in [-0.15, -0.1) is 0 Å². The Morgan fingerprint density at radius 1 is 1.10 bits per heavy atom. The van der Waals surface area contributed by atoms with E-state index in [0.29, 0.717) is 18.5 Å². The van der Waals surface area contributed by atoms with Crippen molar-refractivity contribution in [3.05, 3.63) is 71.0 Å². The third-order valence-electron chi connectivity index (χ3n) is 6.07. The number of amides is 2. The van der Waals surface area contributed by atoms with E-state index in [9.17, 15) is 14.0 Å². The number of carbonyl (C=O) groups is 2. The van der Waals surface area contributed by atoms with Crippen LogP contribution in [0.4, 0.5) is 4.39 Å². The first-order valence-electron chi connectivity index (χ1n) is 11.4. The molecular formula is C26H33FN2O2. The third-order valence-corrected chi connectivity index (χ3v) is 6.07. The summed E-state index contributed by atoms with van der Waals surface area (Å²) in [4.78, 5) is 28.1. The predicted molar refractivity (Wildman–Crippen MR) is 121 cm³/mol. The van der Waals surface area contributed by atoms with E-state index in [-0.39, 0.29) is 24.3 Å². The quantitative estimate of drug-likeness (QED) is 0.653. The Kier molecular flexibility index (Phi) is 8.21. The lowest BCUT2D eigenvalue weighted by Crippen LogP contribution is -2.52. The average molecular weight is 425 g/mol. The van der Waals surface area contributed by atoms with Gasteiger partial charge in [0.25, 0.3) is 0 Å². The zero-order chi connectivity index (χ0) is 22.2. The molecule has 1 aliphatic rings. The van der Waals surface area contributed by atoms with E-state index in [1.165, 1.54) is 12.5 Å². The maximum Gasteiger partial charge on any atom is 0.243 e. The normalized spacial score (nSPS) is 15.3. The topological polar surface area (TPSA) is 49.4 Å². The molecule has 0 aliphatic heterocycles. The van der Waals surface area contributed by atoms with E-state index >= 15 is 0 Å². The molecule has 31 heavy (non-hydrogen) atoms. The first-order chi connectivity index (χ1) is 15.0. The van der Waals surface area contributed by atoms with Crippen molar-refractivity contribution in [2.75, 3.05) is 0 Å². The standard InChI is InChI=1S/C26H33FN2O2/c1-3-24(26(31)28-22-13-5-4-6-14-22)29(18-20-11-9-10-19(2)16-20)25(30)17-21-12-7-8-15-23(21)27/h7-12,15-16,22,24H,3-6,13-14,17-18H2,1-2H3,(H,28,31)/t24-/m0/s1. The van der Waals surface area contributed by atoms with Crippen molar-refractivity contribution >= 4 is 11.8 Å². The fourth-order valence-electron chi connectivity index (χ4n) is 4.38. The van der Waals surface area contributed by atoms with Gasteiger partial charge in [0.15, 0.2) is 0 Å². The summed E-state index contributed by atoms with van der Waals surface area (Å²) in [6, 6.07) is 13.9. The van der Waals surface area contributed by atoms with Crippen LogP contribution in [-0.2, 0) is 22.6 Å². The molecule has 5 heteroatoms. The Labute approximate surface area is 184 Å². The summed E-state index contributed by atoms with van der Waals surface area (Å²) in [5, 5.41) is 3.17. The van der Waals surface area contributed by atoms with E-state index in [2.05, 4.69) is 5.32 Å². The maximum atomic E-state index is 14.2. The number of rotatable bonds is 8. The highest BCUT2D eigenvalue weighted by molar-refractivity contribution is 5.88. The van der Waals surface area contributed by atoms with Crippen molar-refractivity contribution in [3.8, 4) is 0 Å². The van der Waals surface area contributed by atoms with Crippen molar-refractivity contribution in [1.29, 1.82) is 0 Å². The largest absolute Gasteiger partial charge is 0.352 e. The number of halogens is 1. The van der Waals surface area contributed by atoms with Crippen molar-refractivity contribution in [2.45, 2.75) is 77.4 Å². The number of benzene rings is 2. The fourth-order valence-corrected chi connectivity index (χ4v) is 4.38. The molecule has 0 unspecified atom stereocenters. The van der Waals surface area contributed by atoms with E-state index in [4.69, 9.17) is 0 Å². The smallest absolute Gasteiger partial charge is 0.243 e. The summed E-state index contributed by atoms with van der Waals surface area (Å²) >= 11 is 0. The molecule has 3 rings (SSSR count). The molecule has 1 saturated carbocycles. The molecule has 4 nitrogen and oxygen atoms in total. The van der Waals surface area contributed by atoms with Gasteiger partial charge in [0.2, 0.25) is 11.8 Å². The van der Waals surface area contributed by atoms with Gasteiger partial charge in [0.05, 0.1) is 6.42 Å². The molecule has 1 aliphatic carbocycles. The van der Waals surface area contributed by atoms with Crippen LogP contribution in [0.1, 0.15) is 62.1 Å². The van der Waals surface area contributed by atoms with Crippen LogP contribution >= 0.6 is 0 Å². The second-order valence-electron chi connectivity index (χ2n) is 8.55. The molecule has 0 bridgehead atoms. The highest BCUT2D eigenvalue weighted by atomic mass is 19.1. The number of aryl methyl sites for hydroxylation is 1. The Balaban J connectivity index is 1.82. The number of carbonyl (C=O) groups excluding carboxylic acids is 2. The molecule has 1 atom stereocenters. The summed E-state index contributed by atoms with van der Waals surface area (Å²) < 4.78 is 14.2. The van der Waals surface area contributed by atoms with Crippen LogP contribution in [0.3, 0.4) is 0 Å². The monoisotopic (exact) mass is 424 g/mol. The van der Waals surface area contributed by atoms with Gasteiger partial charge in [-0.2, -0.15) is 0 Å². The van der Waals surface area contributed by atoms with Crippen LogP contribution in [0.15, 0.2) is 48.5 Å². The Morgan fingerprint density at radius 2 is 1.84 bits per heavy atom. The van der Waals surface area contributed by atoms with Gasteiger partial charge in [-0.25, -0.2) is 4.39 Å². The van der Waals surface area contributed by atoms with E-state index in [0.717, 1.165) is 36.8 Å². The lowest BCUT2D eigenvalue weighted by atomic mass is 9.95. The molecule has 0 saturated heterocycles. The molecule has 1 N–H and O–H groups in total. The van der Waals surface area contributed by atoms with Crippen LogP contribution in [0.25, 0.3) is 0 Å². The lowest BCUT2D eigenvalue weighted by Gasteiger charge is -2.33. The first kappa shape index (κ1) is 23.0. The van der Waals surface area contributed by atoms with Crippen molar-refractivity contribution < 1.29 is 14.0 Å². The zero-order valence-corrected chi connectivity index (χ0v) is 18.6. The van der Waals surface area contributed by atoms with Crippen LogP contribution in [-0.4, -0.2) is 28.8 Å². The van der Waals surface area contributed by atoms with Crippen LogP contribution in [0.5, 0.6) is 0 Å². The molecule has 166 valence electrons. The third kappa shape index (κ3) is 6.39. The molecule has 0 spiro atoms. The highest BCUT2D eigenvalue weighted by Gasteiger charge is 2.30. The summed E-state index contributed by atoms with van der Waals surface area (Å²) in [7, 11) is 0. The molecule has 2 aromatic rings. The fraction of sp³-hybridized carbons (Fsp3) is 0.462. The van der Waals surface area contributed by atoms with Crippen molar-refractivity contribution in [2.24, 2.45) is 0 Å². The molecule has 1 fully saturated rings. The minimum absolute atomic E-state index is 0.0638. The van der Waals surface area contributed by atoms with Crippen molar-refractivity contribution in [1.82, 2.24) is 10.2 Å². The minimum atomic E-state index is -0.582. The predicted octanol–water partition coefficient (Wildman–Crippen LogP) is 4.93. The number of hydrogen-bond acceptors (Lipinski definition) is 2. The second kappa shape index (κ2) is 11.1. The molecule has 2 amide bonds. The van der Waals surface area contributed by atoms with Gasteiger partial charge < -0.3 is 10.2 Å².